The fourth-order valence-corrected chi connectivity index (χ4v) is 3.17. The summed E-state index contributed by atoms with van der Waals surface area (Å²) < 4.78 is 6.89. The van der Waals surface area contributed by atoms with Crippen molar-refractivity contribution in [3.63, 3.8) is 0 Å². The molecule has 3 heterocycles. The predicted molar refractivity (Wildman–Crippen MR) is 98.2 cm³/mol. The second kappa shape index (κ2) is 7.59. The number of aromatic nitrogens is 3. The summed E-state index contributed by atoms with van der Waals surface area (Å²) in [5, 5.41) is 11.4. The summed E-state index contributed by atoms with van der Waals surface area (Å²) in [7, 11) is 3.57. The third-order valence-electron chi connectivity index (χ3n) is 4.57. The van der Waals surface area contributed by atoms with E-state index in [-0.39, 0.29) is 5.91 Å². The lowest BCUT2D eigenvalue weighted by atomic mass is 10.1. The van der Waals surface area contributed by atoms with Crippen LogP contribution in [0.2, 0.25) is 0 Å². The first kappa shape index (κ1) is 18.0. The van der Waals surface area contributed by atoms with Gasteiger partial charge in [0.2, 0.25) is 5.91 Å². The number of hydrogen-bond acceptors (Lipinski definition) is 5. The largest absolute Gasteiger partial charge is 0.361 e. The van der Waals surface area contributed by atoms with Crippen molar-refractivity contribution >= 4 is 17.6 Å². The monoisotopic (exact) mass is 359 g/mol. The zero-order valence-electron chi connectivity index (χ0n) is 15.7. The predicted octanol–water partition coefficient (Wildman–Crippen LogP) is 0.492. The average molecular weight is 359 g/mol. The summed E-state index contributed by atoms with van der Waals surface area (Å²) in [6.07, 6.45) is 4.36. The van der Waals surface area contributed by atoms with Gasteiger partial charge in [0.25, 0.3) is 0 Å². The molecule has 0 saturated carbocycles. The first-order valence-corrected chi connectivity index (χ1v) is 8.66. The fourth-order valence-electron chi connectivity index (χ4n) is 3.17. The van der Waals surface area contributed by atoms with Crippen LogP contribution in [0.4, 0.5) is 5.69 Å². The molecular weight excluding hydrogens is 334 g/mol. The lowest BCUT2D eigenvalue weighted by Crippen LogP contribution is -2.55. The van der Waals surface area contributed by atoms with Crippen molar-refractivity contribution in [3.05, 3.63) is 29.4 Å². The van der Waals surface area contributed by atoms with E-state index in [0.717, 1.165) is 35.1 Å². The van der Waals surface area contributed by atoms with E-state index in [4.69, 9.17) is 4.52 Å². The molecule has 26 heavy (non-hydrogen) atoms. The SMILES string of the molecule is CN=C(NCCc1c(C)noc1C)N1CCN(c2cnn(C)c2)C(=O)C1. The smallest absolute Gasteiger partial charge is 0.246 e. The van der Waals surface area contributed by atoms with Crippen molar-refractivity contribution in [2.75, 3.05) is 38.1 Å². The number of piperazine rings is 1. The summed E-state index contributed by atoms with van der Waals surface area (Å²) in [5.41, 5.74) is 2.86. The average Bonchev–Trinajstić information content (AvgIpc) is 3.18. The number of nitrogens with zero attached hydrogens (tertiary/aromatic N) is 6. The summed E-state index contributed by atoms with van der Waals surface area (Å²) in [6.45, 7) is 6.17. The number of carbonyl (C=O) groups is 1. The molecule has 2 aromatic rings. The van der Waals surface area contributed by atoms with Gasteiger partial charge in [-0.3, -0.25) is 14.5 Å². The molecule has 0 unspecified atom stereocenters. The highest BCUT2D eigenvalue weighted by Crippen LogP contribution is 2.16. The number of hydrogen-bond donors (Lipinski definition) is 1. The van der Waals surface area contributed by atoms with Crippen LogP contribution in [0.15, 0.2) is 21.9 Å². The second-order valence-electron chi connectivity index (χ2n) is 6.37. The van der Waals surface area contributed by atoms with Crippen molar-refractivity contribution < 1.29 is 9.32 Å². The van der Waals surface area contributed by atoms with Gasteiger partial charge >= 0.3 is 0 Å². The highest BCUT2D eigenvalue weighted by atomic mass is 16.5. The third kappa shape index (κ3) is 3.71. The molecule has 0 aromatic carbocycles. The highest BCUT2D eigenvalue weighted by molar-refractivity contribution is 5.98. The Labute approximate surface area is 152 Å². The highest BCUT2D eigenvalue weighted by Gasteiger charge is 2.27. The van der Waals surface area contributed by atoms with Crippen LogP contribution in [0.5, 0.6) is 0 Å². The lowest BCUT2D eigenvalue weighted by Gasteiger charge is -2.35. The van der Waals surface area contributed by atoms with Crippen molar-refractivity contribution in [2.24, 2.45) is 12.0 Å². The first-order chi connectivity index (χ1) is 12.5. The molecule has 1 N–H and O–H groups in total. The Morgan fingerprint density at radius 1 is 1.38 bits per heavy atom. The number of aryl methyl sites for hydroxylation is 3. The van der Waals surface area contributed by atoms with E-state index < -0.39 is 0 Å². The van der Waals surface area contributed by atoms with Crippen LogP contribution in [0.25, 0.3) is 0 Å². The quantitative estimate of drug-likeness (QED) is 0.631. The number of amides is 1. The Balaban J connectivity index is 1.55. The van der Waals surface area contributed by atoms with E-state index >= 15 is 0 Å². The second-order valence-corrected chi connectivity index (χ2v) is 6.37. The third-order valence-corrected chi connectivity index (χ3v) is 4.57. The number of aliphatic imine (C=N–C) groups is 1. The van der Waals surface area contributed by atoms with Gasteiger partial charge in [-0.15, -0.1) is 0 Å². The van der Waals surface area contributed by atoms with Crippen LogP contribution in [-0.4, -0.2) is 64.9 Å². The van der Waals surface area contributed by atoms with Gasteiger partial charge in [0, 0.05) is 45.5 Å². The molecule has 0 bridgehead atoms. The van der Waals surface area contributed by atoms with Gasteiger partial charge in [0.1, 0.15) is 12.3 Å². The topological polar surface area (TPSA) is 91.8 Å². The summed E-state index contributed by atoms with van der Waals surface area (Å²) in [5.74, 6) is 1.62. The molecule has 0 atom stereocenters. The van der Waals surface area contributed by atoms with Crippen LogP contribution >= 0.6 is 0 Å². The molecule has 9 nitrogen and oxygen atoms in total. The Morgan fingerprint density at radius 3 is 2.77 bits per heavy atom. The van der Waals surface area contributed by atoms with Gasteiger partial charge in [0.05, 0.1) is 17.6 Å². The minimum absolute atomic E-state index is 0.0397. The van der Waals surface area contributed by atoms with Gasteiger partial charge in [-0.1, -0.05) is 5.16 Å². The molecular formula is C17H25N7O2. The number of rotatable bonds is 4. The van der Waals surface area contributed by atoms with Crippen LogP contribution in [0.1, 0.15) is 17.0 Å². The minimum atomic E-state index is 0.0397. The van der Waals surface area contributed by atoms with Crippen molar-refractivity contribution in [1.29, 1.82) is 0 Å². The molecule has 140 valence electrons. The molecule has 1 aliphatic heterocycles. The minimum Gasteiger partial charge on any atom is -0.361 e. The maximum atomic E-state index is 12.5. The molecule has 0 spiro atoms. The standard InChI is InChI=1S/C17H25N7O2/c1-12-15(13(2)26-21-12)5-6-19-17(18-3)23-7-8-24(16(25)11-23)14-9-20-22(4)10-14/h9-10H,5-8,11H2,1-4H3,(H,18,19). The van der Waals surface area contributed by atoms with Crippen LogP contribution in [0.3, 0.4) is 0 Å². The van der Waals surface area contributed by atoms with Crippen LogP contribution in [0, 0.1) is 13.8 Å². The van der Waals surface area contributed by atoms with Crippen LogP contribution < -0.4 is 10.2 Å². The van der Waals surface area contributed by atoms with E-state index in [1.807, 2.05) is 32.0 Å². The Kier molecular flexibility index (Phi) is 5.24. The van der Waals surface area contributed by atoms with Gasteiger partial charge in [0.15, 0.2) is 5.96 Å². The maximum absolute atomic E-state index is 12.5. The first-order valence-electron chi connectivity index (χ1n) is 8.66. The molecule has 9 heteroatoms. The lowest BCUT2D eigenvalue weighted by molar-refractivity contribution is -0.120. The zero-order chi connectivity index (χ0) is 18.7. The maximum Gasteiger partial charge on any atom is 0.246 e. The van der Waals surface area contributed by atoms with Gasteiger partial charge in [-0.2, -0.15) is 5.10 Å². The molecule has 3 rings (SSSR count). The fraction of sp³-hybridized carbons (Fsp3) is 0.529. The molecule has 1 fully saturated rings. The van der Waals surface area contributed by atoms with Gasteiger partial charge < -0.3 is 19.6 Å². The van der Waals surface area contributed by atoms with Gasteiger partial charge in [-0.25, -0.2) is 0 Å². The van der Waals surface area contributed by atoms with E-state index in [1.165, 1.54) is 0 Å². The molecule has 1 aliphatic rings. The number of carbonyl (C=O) groups excluding carboxylic acids is 1. The molecule has 2 aromatic heterocycles. The van der Waals surface area contributed by atoms with Gasteiger partial charge in [-0.05, 0) is 20.3 Å². The van der Waals surface area contributed by atoms with Crippen molar-refractivity contribution in [3.8, 4) is 0 Å². The number of guanidine groups is 1. The summed E-state index contributed by atoms with van der Waals surface area (Å²) in [4.78, 5) is 20.6. The van der Waals surface area contributed by atoms with Crippen molar-refractivity contribution in [1.82, 2.24) is 25.2 Å². The van der Waals surface area contributed by atoms with Crippen LogP contribution in [-0.2, 0) is 18.3 Å². The zero-order valence-corrected chi connectivity index (χ0v) is 15.7. The molecule has 1 amide bonds. The Hall–Kier alpha value is -2.84. The summed E-state index contributed by atoms with van der Waals surface area (Å²) in [6, 6.07) is 0. The number of nitrogens with one attached hydrogen (secondary N) is 1. The molecule has 1 saturated heterocycles. The van der Waals surface area contributed by atoms with E-state index in [2.05, 4.69) is 20.6 Å². The van der Waals surface area contributed by atoms with Crippen molar-refractivity contribution in [2.45, 2.75) is 20.3 Å². The number of anilines is 1. The van der Waals surface area contributed by atoms with E-state index in [1.54, 1.807) is 22.8 Å². The summed E-state index contributed by atoms with van der Waals surface area (Å²) >= 11 is 0. The Bertz CT molecular complexity index is 788. The van der Waals surface area contributed by atoms with E-state index in [0.29, 0.717) is 26.2 Å². The normalized spacial score (nSPS) is 15.7. The van der Waals surface area contributed by atoms with E-state index in [9.17, 15) is 4.79 Å². The molecule has 0 radical (unpaired) electrons. The molecule has 0 aliphatic carbocycles. The Morgan fingerprint density at radius 2 is 2.19 bits per heavy atom.